The van der Waals surface area contributed by atoms with Crippen molar-refractivity contribution in [2.75, 3.05) is 7.11 Å². The summed E-state index contributed by atoms with van der Waals surface area (Å²) in [5, 5.41) is 0. The zero-order valence-corrected chi connectivity index (χ0v) is 13.8. The first kappa shape index (κ1) is 16.6. The van der Waals surface area contributed by atoms with Crippen molar-refractivity contribution in [3.8, 4) is 35.0 Å². The van der Waals surface area contributed by atoms with Crippen LogP contribution in [0.5, 0.6) is 11.5 Å². The topological polar surface area (TPSA) is 18.5 Å². The molecule has 0 aromatic heterocycles. The minimum absolute atomic E-state index is 0.348. The van der Waals surface area contributed by atoms with Crippen molar-refractivity contribution in [2.24, 2.45) is 0 Å². The summed E-state index contributed by atoms with van der Waals surface area (Å²) >= 11 is 0. The van der Waals surface area contributed by atoms with E-state index in [0.717, 1.165) is 5.56 Å². The zero-order chi connectivity index (χ0) is 17.6. The fraction of sp³-hybridized carbons (Fsp3) is 0.0909. The lowest BCUT2D eigenvalue weighted by Crippen LogP contribution is -1.98. The summed E-state index contributed by atoms with van der Waals surface area (Å²) in [6.45, 7) is 0.369. The van der Waals surface area contributed by atoms with Gasteiger partial charge in [-0.2, -0.15) is 0 Å². The quantitative estimate of drug-likeness (QED) is 0.608. The molecule has 0 saturated carbocycles. The summed E-state index contributed by atoms with van der Waals surface area (Å²) in [4.78, 5) is 0. The number of hydrogen-bond donors (Lipinski definition) is 0. The Morgan fingerprint density at radius 3 is 2.48 bits per heavy atom. The Labute approximate surface area is 146 Å². The monoisotopic (exact) mass is 332 g/mol. The lowest BCUT2D eigenvalue weighted by Gasteiger charge is -2.14. The largest absolute Gasteiger partial charge is 0.497 e. The van der Waals surface area contributed by atoms with Crippen LogP contribution in [0.1, 0.15) is 11.1 Å². The highest BCUT2D eigenvalue weighted by molar-refractivity contribution is 5.73. The van der Waals surface area contributed by atoms with E-state index >= 15 is 0 Å². The Morgan fingerprint density at radius 2 is 1.76 bits per heavy atom. The minimum atomic E-state index is -0.348. The van der Waals surface area contributed by atoms with Gasteiger partial charge in [-0.05, 0) is 42.0 Å². The van der Waals surface area contributed by atoms with Gasteiger partial charge in [0.1, 0.15) is 23.9 Å². The van der Waals surface area contributed by atoms with E-state index in [2.05, 4.69) is 5.92 Å². The smallest absolute Gasteiger partial charge is 0.131 e. The standard InChI is InChI=1S/C22H17FO2/c1-3-16-9-11-19(20-14-18(24-2)10-12-21(20)23)22(13-16)25-15-17-7-5-4-6-8-17/h1,4-14H,15H2,2H3. The molecule has 0 amide bonds. The third-order valence-corrected chi connectivity index (χ3v) is 3.85. The van der Waals surface area contributed by atoms with Crippen LogP contribution in [-0.2, 0) is 6.61 Å². The van der Waals surface area contributed by atoms with Crippen molar-refractivity contribution in [3.05, 3.63) is 83.7 Å². The summed E-state index contributed by atoms with van der Waals surface area (Å²) in [6.07, 6.45) is 5.49. The van der Waals surface area contributed by atoms with Crippen LogP contribution in [0.2, 0.25) is 0 Å². The van der Waals surface area contributed by atoms with Crippen molar-refractivity contribution in [3.63, 3.8) is 0 Å². The van der Waals surface area contributed by atoms with E-state index in [1.807, 2.05) is 30.3 Å². The van der Waals surface area contributed by atoms with Gasteiger partial charge in [-0.15, -0.1) is 6.42 Å². The maximum absolute atomic E-state index is 14.4. The zero-order valence-electron chi connectivity index (χ0n) is 13.8. The van der Waals surface area contributed by atoms with Gasteiger partial charge in [0.25, 0.3) is 0 Å². The third kappa shape index (κ3) is 3.81. The van der Waals surface area contributed by atoms with Crippen LogP contribution in [0.4, 0.5) is 4.39 Å². The van der Waals surface area contributed by atoms with Crippen LogP contribution >= 0.6 is 0 Å². The number of halogens is 1. The number of benzene rings is 3. The molecule has 0 spiro atoms. The molecule has 2 nitrogen and oxygen atoms in total. The molecule has 0 fully saturated rings. The Morgan fingerprint density at radius 1 is 0.960 bits per heavy atom. The van der Waals surface area contributed by atoms with Crippen molar-refractivity contribution < 1.29 is 13.9 Å². The van der Waals surface area contributed by atoms with Crippen LogP contribution in [0, 0.1) is 18.2 Å². The van der Waals surface area contributed by atoms with Gasteiger partial charge in [0.15, 0.2) is 0 Å². The van der Waals surface area contributed by atoms with Crippen molar-refractivity contribution in [1.29, 1.82) is 0 Å². The molecule has 0 aliphatic carbocycles. The van der Waals surface area contributed by atoms with Gasteiger partial charge >= 0.3 is 0 Å². The SMILES string of the molecule is C#Cc1ccc(-c2cc(OC)ccc2F)c(OCc2ccccc2)c1. The van der Waals surface area contributed by atoms with E-state index in [0.29, 0.717) is 34.8 Å². The van der Waals surface area contributed by atoms with Gasteiger partial charge in [0.05, 0.1) is 7.11 Å². The molecule has 25 heavy (non-hydrogen) atoms. The number of ether oxygens (including phenoxy) is 2. The van der Waals surface area contributed by atoms with E-state index in [9.17, 15) is 4.39 Å². The predicted octanol–water partition coefficient (Wildman–Crippen LogP) is 5.06. The molecule has 0 N–H and O–H groups in total. The van der Waals surface area contributed by atoms with Crippen molar-refractivity contribution in [1.82, 2.24) is 0 Å². The van der Waals surface area contributed by atoms with E-state index in [-0.39, 0.29) is 5.82 Å². The Hall–Kier alpha value is -3.25. The highest BCUT2D eigenvalue weighted by atomic mass is 19.1. The highest BCUT2D eigenvalue weighted by Gasteiger charge is 2.13. The molecule has 3 rings (SSSR count). The van der Waals surface area contributed by atoms with E-state index in [4.69, 9.17) is 15.9 Å². The summed E-state index contributed by atoms with van der Waals surface area (Å²) in [7, 11) is 1.55. The Bertz CT molecular complexity index is 911. The molecule has 3 aromatic carbocycles. The van der Waals surface area contributed by atoms with Crippen molar-refractivity contribution in [2.45, 2.75) is 6.61 Å². The summed E-state index contributed by atoms with van der Waals surface area (Å²) in [6, 6.07) is 19.7. The van der Waals surface area contributed by atoms with E-state index < -0.39 is 0 Å². The van der Waals surface area contributed by atoms with E-state index in [1.54, 1.807) is 37.4 Å². The average molecular weight is 332 g/mol. The van der Waals surface area contributed by atoms with Crippen molar-refractivity contribution >= 4 is 0 Å². The number of hydrogen-bond acceptors (Lipinski definition) is 2. The van der Waals surface area contributed by atoms with Crippen LogP contribution in [-0.4, -0.2) is 7.11 Å². The molecule has 0 aliphatic rings. The first-order valence-electron chi connectivity index (χ1n) is 7.82. The second-order valence-electron chi connectivity index (χ2n) is 5.48. The molecular formula is C22H17FO2. The lowest BCUT2D eigenvalue weighted by molar-refractivity contribution is 0.307. The molecule has 0 heterocycles. The maximum Gasteiger partial charge on any atom is 0.131 e. The molecule has 0 saturated heterocycles. The summed E-state index contributed by atoms with van der Waals surface area (Å²) < 4.78 is 25.5. The molecule has 124 valence electrons. The number of methoxy groups -OCH3 is 1. The van der Waals surface area contributed by atoms with Crippen LogP contribution in [0.15, 0.2) is 66.7 Å². The fourth-order valence-electron chi connectivity index (χ4n) is 2.53. The maximum atomic E-state index is 14.4. The normalized spacial score (nSPS) is 10.1. The van der Waals surface area contributed by atoms with Gasteiger partial charge in [0.2, 0.25) is 0 Å². The van der Waals surface area contributed by atoms with Gasteiger partial charge in [-0.25, -0.2) is 4.39 Å². The highest BCUT2D eigenvalue weighted by Crippen LogP contribution is 2.35. The molecule has 0 aliphatic heterocycles. The first-order valence-corrected chi connectivity index (χ1v) is 7.82. The van der Waals surface area contributed by atoms with Crippen LogP contribution < -0.4 is 9.47 Å². The second kappa shape index (κ2) is 7.55. The molecule has 0 radical (unpaired) electrons. The second-order valence-corrected chi connectivity index (χ2v) is 5.48. The third-order valence-electron chi connectivity index (χ3n) is 3.85. The molecule has 0 atom stereocenters. The Kier molecular flexibility index (Phi) is 5.01. The fourth-order valence-corrected chi connectivity index (χ4v) is 2.53. The molecule has 0 bridgehead atoms. The lowest BCUT2D eigenvalue weighted by atomic mass is 10.0. The number of terminal acetylenes is 1. The summed E-state index contributed by atoms with van der Waals surface area (Å²) in [5.74, 6) is 3.34. The van der Waals surface area contributed by atoms with Crippen LogP contribution in [0.25, 0.3) is 11.1 Å². The number of rotatable bonds is 5. The Balaban J connectivity index is 2.00. The predicted molar refractivity (Wildman–Crippen MR) is 97.1 cm³/mol. The molecule has 3 heteroatoms. The van der Waals surface area contributed by atoms with Crippen LogP contribution in [0.3, 0.4) is 0 Å². The van der Waals surface area contributed by atoms with Gasteiger partial charge in [-0.1, -0.05) is 36.3 Å². The molecular weight excluding hydrogens is 315 g/mol. The van der Waals surface area contributed by atoms with Gasteiger partial charge in [-0.3, -0.25) is 0 Å². The minimum Gasteiger partial charge on any atom is -0.497 e. The molecule has 3 aromatic rings. The first-order chi connectivity index (χ1) is 12.2. The van der Waals surface area contributed by atoms with Gasteiger partial charge < -0.3 is 9.47 Å². The average Bonchev–Trinajstić information content (AvgIpc) is 2.67. The molecule has 0 unspecified atom stereocenters. The van der Waals surface area contributed by atoms with Gasteiger partial charge in [0, 0.05) is 16.7 Å². The van der Waals surface area contributed by atoms with E-state index in [1.165, 1.54) is 6.07 Å². The summed E-state index contributed by atoms with van der Waals surface area (Å²) in [5.41, 5.74) is 2.73.